The molecule has 1 saturated carbocycles. The first-order valence-corrected chi connectivity index (χ1v) is 14.4. The number of aromatic amines is 1. The molecule has 9 nitrogen and oxygen atoms in total. The number of fused-ring (bicyclic) bond motifs is 3. The third kappa shape index (κ3) is 3.96. The van der Waals surface area contributed by atoms with Crippen LogP contribution in [0.3, 0.4) is 0 Å². The maximum Gasteiger partial charge on any atom is 0.259 e. The van der Waals surface area contributed by atoms with Gasteiger partial charge in [0.15, 0.2) is 9.84 Å². The lowest BCUT2D eigenvalue weighted by molar-refractivity contribution is 0.0587. The molecule has 3 aliphatic rings. The number of benzene rings is 1. The maximum atomic E-state index is 13.6. The van der Waals surface area contributed by atoms with E-state index in [4.69, 9.17) is 0 Å². The van der Waals surface area contributed by atoms with Gasteiger partial charge >= 0.3 is 0 Å². The van der Waals surface area contributed by atoms with Gasteiger partial charge in [0.2, 0.25) is 0 Å². The summed E-state index contributed by atoms with van der Waals surface area (Å²) in [5, 5.41) is 6.00. The van der Waals surface area contributed by atoms with Crippen LogP contribution in [0.5, 0.6) is 0 Å². The third-order valence-electron chi connectivity index (χ3n) is 8.14. The predicted octanol–water partition coefficient (Wildman–Crippen LogP) is 2.25. The zero-order valence-electron chi connectivity index (χ0n) is 20.0. The number of amides is 1. The summed E-state index contributed by atoms with van der Waals surface area (Å²) in [6.45, 7) is 4.43. The quantitative estimate of drug-likeness (QED) is 0.595. The third-order valence-corrected chi connectivity index (χ3v) is 9.89. The summed E-state index contributed by atoms with van der Waals surface area (Å²) in [6.07, 6.45) is 6.76. The molecule has 2 aromatic heterocycles. The molecule has 6 rings (SSSR count). The molecule has 2 aliphatic heterocycles. The molecule has 1 aromatic carbocycles. The van der Waals surface area contributed by atoms with Crippen molar-refractivity contribution >= 4 is 37.6 Å². The number of nitrogens with zero attached hydrogens (tertiary/aromatic N) is 4. The highest BCUT2D eigenvalue weighted by molar-refractivity contribution is 7.91. The van der Waals surface area contributed by atoms with Gasteiger partial charge in [-0.15, -0.1) is 0 Å². The first-order valence-electron chi connectivity index (χ1n) is 12.6. The van der Waals surface area contributed by atoms with Crippen LogP contribution in [-0.2, 0) is 9.84 Å². The second kappa shape index (κ2) is 8.44. The summed E-state index contributed by atoms with van der Waals surface area (Å²) in [5.74, 6) is 0.476. The van der Waals surface area contributed by atoms with Crippen molar-refractivity contribution in [3.8, 4) is 0 Å². The van der Waals surface area contributed by atoms with Crippen LogP contribution in [0, 0.1) is 6.92 Å². The van der Waals surface area contributed by atoms with Crippen LogP contribution < -0.4 is 5.56 Å². The minimum atomic E-state index is -2.92. The molecule has 4 heterocycles. The van der Waals surface area contributed by atoms with Crippen molar-refractivity contribution in [2.24, 2.45) is 0 Å². The number of aryl methyl sites for hydroxylation is 1. The number of H-pyrrole nitrogens is 1. The molecule has 1 aliphatic carbocycles. The average Bonchev–Trinajstić information content (AvgIpc) is 3.58. The summed E-state index contributed by atoms with van der Waals surface area (Å²) in [6, 6.07) is 4.18. The molecule has 3 aromatic rings. The molecule has 35 heavy (non-hydrogen) atoms. The van der Waals surface area contributed by atoms with Gasteiger partial charge in [-0.2, -0.15) is 5.10 Å². The molecule has 1 atom stereocenters. The first kappa shape index (κ1) is 22.7. The fourth-order valence-electron chi connectivity index (χ4n) is 6.17. The lowest BCUT2D eigenvalue weighted by Crippen LogP contribution is -2.52. The highest BCUT2D eigenvalue weighted by Gasteiger charge is 2.34. The lowest BCUT2D eigenvalue weighted by Gasteiger charge is -2.37. The van der Waals surface area contributed by atoms with E-state index in [9.17, 15) is 18.0 Å². The predicted molar refractivity (Wildman–Crippen MR) is 135 cm³/mol. The van der Waals surface area contributed by atoms with E-state index in [2.05, 4.69) is 15.0 Å². The molecule has 186 valence electrons. The molecule has 1 amide bonds. The number of hydrogen-bond acceptors (Lipinski definition) is 6. The van der Waals surface area contributed by atoms with Gasteiger partial charge in [0.1, 0.15) is 0 Å². The smallest absolute Gasteiger partial charge is 0.259 e. The molecular weight excluding hydrogens is 466 g/mol. The number of hydrogen-bond donors (Lipinski definition) is 1. The van der Waals surface area contributed by atoms with Gasteiger partial charge in [-0.1, -0.05) is 12.8 Å². The zero-order chi connectivity index (χ0) is 24.3. The van der Waals surface area contributed by atoms with Crippen molar-refractivity contribution in [3.05, 3.63) is 39.8 Å². The number of carbonyl (C=O) groups excluding carboxylic acids is 1. The monoisotopic (exact) mass is 497 g/mol. The molecule has 2 saturated heterocycles. The van der Waals surface area contributed by atoms with Crippen LogP contribution in [0.25, 0.3) is 21.8 Å². The molecule has 1 unspecified atom stereocenters. The average molecular weight is 498 g/mol. The van der Waals surface area contributed by atoms with E-state index >= 15 is 0 Å². The molecule has 3 fully saturated rings. The van der Waals surface area contributed by atoms with E-state index in [0.29, 0.717) is 43.5 Å². The topological polar surface area (TPSA) is 108 Å². The SMILES string of the molecule is Cc1cc2[nH]c(=O)c3cnn(C4CCCC4)c3c2cc1C(=O)N1CCN(C2CCS(=O)(=O)C2)CC1. The van der Waals surface area contributed by atoms with E-state index < -0.39 is 9.84 Å². The normalized spacial score (nSPS) is 23.6. The number of aromatic nitrogens is 3. The lowest BCUT2D eigenvalue weighted by atomic mass is 10.0. The Kier molecular flexibility index (Phi) is 5.48. The van der Waals surface area contributed by atoms with Crippen LogP contribution in [0.15, 0.2) is 23.1 Å². The largest absolute Gasteiger partial charge is 0.336 e. The number of carbonyl (C=O) groups is 1. The number of rotatable bonds is 3. The van der Waals surface area contributed by atoms with Gasteiger partial charge in [0.25, 0.3) is 11.5 Å². The molecule has 0 radical (unpaired) electrons. The van der Waals surface area contributed by atoms with E-state index in [0.717, 1.165) is 47.7 Å². The number of nitrogens with one attached hydrogen (secondary N) is 1. The Balaban J connectivity index is 1.31. The Labute approximate surface area is 204 Å². The van der Waals surface area contributed by atoms with Gasteiger partial charge in [-0.05, 0) is 43.9 Å². The number of pyridine rings is 1. The first-order chi connectivity index (χ1) is 16.8. The van der Waals surface area contributed by atoms with Gasteiger partial charge in [-0.3, -0.25) is 19.2 Å². The van der Waals surface area contributed by atoms with Crippen LogP contribution in [-0.4, -0.2) is 82.6 Å². The fraction of sp³-hybridized carbons (Fsp3) is 0.560. The van der Waals surface area contributed by atoms with Crippen LogP contribution in [0.1, 0.15) is 54.1 Å². The van der Waals surface area contributed by atoms with E-state index in [1.165, 1.54) is 0 Å². The number of piperazine rings is 1. The van der Waals surface area contributed by atoms with Crippen molar-refractivity contribution in [1.29, 1.82) is 0 Å². The molecule has 10 heteroatoms. The van der Waals surface area contributed by atoms with E-state index in [1.54, 1.807) is 6.20 Å². The Morgan fingerprint density at radius 3 is 2.46 bits per heavy atom. The Bertz CT molecular complexity index is 1480. The second-order valence-electron chi connectivity index (χ2n) is 10.3. The second-order valence-corrected chi connectivity index (χ2v) is 12.6. The highest BCUT2D eigenvalue weighted by Crippen LogP contribution is 2.34. The zero-order valence-corrected chi connectivity index (χ0v) is 20.8. The van der Waals surface area contributed by atoms with Crippen molar-refractivity contribution in [2.75, 3.05) is 37.7 Å². The molecule has 0 spiro atoms. The summed E-state index contributed by atoms with van der Waals surface area (Å²) in [7, 11) is -2.92. The molecule has 0 bridgehead atoms. The highest BCUT2D eigenvalue weighted by atomic mass is 32.2. The summed E-state index contributed by atoms with van der Waals surface area (Å²) in [5.41, 5.74) is 2.86. The summed E-state index contributed by atoms with van der Waals surface area (Å²) >= 11 is 0. The Morgan fingerprint density at radius 2 is 1.77 bits per heavy atom. The maximum absolute atomic E-state index is 13.6. The van der Waals surface area contributed by atoms with Crippen molar-refractivity contribution in [3.63, 3.8) is 0 Å². The fourth-order valence-corrected chi connectivity index (χ4v) is 7.94. The Hall–Kier alpha value is -2.72. The van der Waals surface area contributed by atoms with Gasteiger partial charge < -0.3 is 9.88 Å². The number of sulfone groups is 1. The standard InChI is InChI=1S/C25H31N5O4S/c1-16-12-22-20(23-21(24(31)27-22)14-26-30(23)17-4-2-3-5-17)13-19(16)25(32)29-9-7-28(8-10-29)18-6-11-35(33,34)15-18/h12-14,17-18H,2-11,15H2,1H3,(H,27,31). The van der Waals surface area contributed by atoms with Crippen molar-refractivity contribution in [2.45, 2.75) is 51.1 Å². The summed E-state index contributed by atoms with van der Waals surface area (Å²) in [4.78, 5) is 33.4. The van der Waals surface area contributed by atoms with Crippen LogP contribution >= 0.6 is 0 Å². The Morgan fingerprint density at radius 1 is 1.03 bits per heavy atom. The van der Waals surface area contributed by atoms with Gasteiger partial charge in [0.05, 0.1) is 40.2 Å². The molecular formula is C25H31N5O4S. The molecule has 1 N–H and O–H groups in total. The van der Waals surface area contributed by atoms with Crippen molar-refractivity contribution in [1.82, 2.24) is 24.6 Å². The summed E-state index contributed by atoms with van der Waals surface area (Å²) < 4.78 is 25.7. The van der Waals surface area contributed by atoms with Crippen molar-refractivity contribution < 1.29 is 13.2 Å². The van der Waals surface area contributed by atoms with Crippen LogP contribution in [0.2, 0.25) is 0 Å². The minimum Gasteiger partial charge on any atom is -0.336 e. The van der Waals surface area contributed by atoms with Gasteiger partial charge in [-0.25, -0.2) is 8.42 Å². The van der Waals surface area contributed by atoms with Gasteiger partial charge in [0, 0.05) is 43.2 Å². The van der Waals surface area contributed by atoms with E-state index in [1.807, 2.05) is 28.6 Å². The van der Waals surface area contributed by atoms with E-state index in [-0.39, 0.29) is 35.1 Å². The van der Waals surface area contributed by atoms with Crippen LogP contribution in [0.4, 0.5) is 0 Å². The minimum absolute atomic E-state index is 0.0191.